The van der Waals surface area contributed by atoms with Crippen LogP contribution in [0.15, 0.2) is 0 Å². The highest BCUT2D eigenvalue weighted by Crippen LogP contribution is 1.89. The van der Waals surface area contributed by atoms with Gasteiger partial charge in [0.25, 0.3) is 0 Å². The maximum Gasteiger partial charge on any atom is 0.220 e. The van der Waals surface area contributed by atoms with Gasteiger partial charge in [0.05, 0.1) is 19.8 Å². The van der Waals surface area contributed by atoms with Gasteiger partial charge in [-0.05, 0) is 13.3 Å². The Morgan fingerprint density at radius 1 is 1.27 bits per heavy atom. The van der Waals surface area contributed by atoms with Crippen LogP contribution in [-0.4, -0.2) is 50.6 Å². The average molecular weight is 219 g/mol. The Morgan fingerprint density at radius 3 is 2.73 bits per heavy atom. The number of rotatable bonds is 10. The minimum atomic E-state index is 0.0160. The van der Waals surface area contributed by atoms with Gasteiger partial charge in [0.2, 0.25) is 5.91 Å². The third kappa shape index (κ3) is 11.3. The van der Waals surface area contributed by atoms with Crippen LogP contribution in [0.1, 0.15) is 19.8 Å². The van der Waals surface area contributed by atoms with Crippen LogP contribution in [0.25, 0.3) is 0 Å². The maximum atomic E-state index is 11.2. The molecule has 0 rings (SSSR count). The van der Waals surface area contributed by atoms with Crippen molar-refractivity contribution < 1.29 is 19.4 Å². The van der Waals surface area contributed by atoms with Crippen LogP contribution in [0, 0.1) is 0 Å². The van der Waals surface area contributed by atoms with Crippen molar-refractivity contribution in [2.45, 2.75) is 19.8 Å². The van der Waals surface area contributed by atoms with Crippen LogP contribution in [-0.2, 0) is 14.3 Å². The molecule has 0 bridgehead atoms. The van der Waals surface area contributed by atoms with E-state index in [-0.39, 0.29) is 12.5 Å². The molecule has 0 aromatic rings. The van der Waals surface area contributed by atoms with Crippen LogP contribution < -0.4 is 5.32 Å². The molecular formula is C10H21NO4. The molecule has 0 saturated carbocycles. The lowest BCUT2D eigenvalue weighted by molar-refractivity contribution is -0.121. The molecule has 0 aliphatic rings. The van der Waals surface area contributed by atoms with Crippen molar-refractivity contribution in [2.24, 2.45) is 0 Å². The first-order valence-electron chi connectivity index (χ1n) is 5.34. The Bertz CT molecular complexity index is 152. The molecule has 5 heteroatoms. The van der Waals surface area contributed by atoms with Gasteiger partial charge < -0.3 is 19.9 Å². The SMILES string of the molecule is CCOCCCC(=O)NCCOCCO. The number of nitrogens with one attached hydrogen (secondary N) is 1. The second kappa shape index (κ2) is 11.4. The molecule has 0 aromatic heterocycles. The Morgan fingerprint density at radius 2 is 2.07 bits per heavy atom. The molecule has 0 aliphatic carbocycles. The van der Waals surface area contributed by atoms with Gasteiger partial charge in [-0.25, -0.2) is 0 Å². The summed E-state index contributed by atoms with van der Waals surface area (Å²) >= 11 is 0. The first-order valence-corrected chi connectivity index (χ1v) is 5.34. The van der Waals surface area contributed by atoms with Gasteiger partial charge in [-0.15, -0.1) is 0 Å². The van der Waals surface area contributed by atoms with Crippen molar-refractivity contribution in [3.8, 4) is 0 Å². The molecule has 90 valence electrons. The van der Waals surface area contributed by atoms with Gasteiger partial charge >= 0.3 is 0 Å². The van der Waals surface area contributed by atoms with Crippen LogP contribution >= 0.6 is 0 Å². The molecule has 0 fully saturated rings. The van der Waals surface area contributed by atoms with Crippen molar-refractivity contribution in [3.05, 3.63) is 0 Å². The predicted octanol–water partition coefficient (Wildman–Crippen LogP) is -0.0718. The molecule has 0 aliphatic heterocycles. The molecule has 2 N–H and O–H groups in total. The number of amides is 1. The van der Waals surface area contributed by atoms with Crippen molar-refractivity contribution in [3.63, 3.8) is 0 Å². The smallest absolute Gasteiger partial charge is 0.220 e. The number of ether oxygens (including phenoxy) is 2. The summed E-state index contributed by atoms with van der Waals surface area (Å²) in [5, 5.41) is 11.1. The van der Waals surface area contributed by atoms with E-state index in [1.54, 1.807) is 0 Å². The second-order valence-corrected chi connectivity index (χ2v) is 2.99. The number of carbonyl (C=O) groups excluding carboxylic acids is 1. The zero-order chi connectivity index (χ0) is 11.4. The Hall–Kier alpha value is -0.650. The number of hydrogen-bond acceptors (Lipinski definition) is 4. The van der Waals surface area contributed by atoms with E-state index < -0.39 is 0 Å². The minimum absolute atomic E-state index is 0.0160. The lowest BCUT2D eigenvalue weighted by Gasteiger charge is -2.05. The number of carbonyl (C=O) groups is 1. The lowest BCUT2D eigenvalue weighted by atomic mass is 10.3. The standard InChI is InChI=1S/C10H21NO4/c1-2-14-7-3-4-10(13)11-5-8-15-9-6-12/h12H,2-9H2,1H3,(H,11,13). The van der Waals surface area contributed by atoms with E-state index in [1.165, 1.54) is 0 Å². The number of aliphatic hydroxyl groups excluding tert-OH is 1. The lowest BCUT2D eigenvalue weighted by Crippen LogP contribution is -2.27. The fourth-order valence-electron chi connectivity index (χ4n) is 0.997. The van der Waals surface area contributed by atoms with E-state index in [4.69, 9.17) is 14.6 Å². The fraction of sp³-hybridized carbons (Fsp3) is 0.900. The molecule has 15 heavy (non-hydrogen) atoms. The fourth-order valence-corrected chi connectivity index (χ4v) is 0.997. The van der Waals surface area contributed by atoms with Crippen molar-refractivity contribution in [2.75, 3.05) is 39.6 Å². The quantitative estimate of drug-likeness (QED) is 0.505. The summed E-state index contributed by atoms with van der Waals surface area (Å²) in [5.74, 6) is 0.0160. The third-order valence-corrected chi connectivity index (χ3v) is 1.70. The van der Waals surface area contributed by atoms with E-state index in [2.05, 4.69) is 5.32 Å². The number of hydrogen-bond donors (Lipinski definition) is 2. The molecule has 0 atom stereocenters. The van der Waals surface area contributed by atoms with Gasteiger partial charge in [-0.2, -0.15) is 0 Å². The summed E-state index contributed by atoms with van der Waals surface area (Å²) in [7, 11) is 0. The summed E-state index contributed by atoms with van der Waals surface area (Å²) in [6.45, 7) is 4.52. The van der Waals surface area contributed by atoms with Gasteiger partial charge in [0.1, 0.15) is 0 Å². The average Bonchev–Trinajstić information content (AvgIpc) is 2.24. The van der Waals surface area contributed by atoms with E-state index in [9.17, 15) is 4.79 Å². The second-order valence-electron chi connectivity index (χ2n) is 2.99. The highest BCUT2D eigenvalue weighted by Gasteiger charge is 1.99. The molecule has 5 nitrogen and oxygen atoms in total. The first kappa shape index (κ1) is 14.3. The topological polar surface area (TPSA) is 67.8 Å². The van der Waals surface area contributed by atoms with E-state index >= 15 is 0 Å². The Kier molecular flexibility index (Phi) is 10.9. The zero-order valence-electron chi connectivity index (χ0n) is 9.33. The highest BCUT2D eigenvalue weighted by atomic mass is 16.5. The largest absolute Gasteiger partial charge is 0.394 e. The van der Waals surface area contributed by atoms with Gasteiger partial charge in [0.15, 0.2) is 0 Å². The number of aliphatic hydroxyl groups is 1. The van der Waals surface area contributed by atoms with Crippen molar-refractivity contribution in [1.82, 2.24) is 5.32 Å². The minimum Gasteiger partial charge on any atom is -0.394 e. The van der Waals surface area contributed by atoms with Crippen molar-refractivity contribution >= 4 is 5.91 Å². The molecule has 0 radical (unpaired) electrons. The molecule has 0 unspecified atom stereocenters. The molecule has 0 spiro atoms. The predicted molar refractivity (Wildman–Crippen MR) is 56.6 cm³/mol. The third-order valence-electron chi connectivity index (χ3n) is 1.70. The molecular weight excluding hydrogens is 198 g/mol. The molecule has 1 amide bonds. The molecule has 0 heterocycles. The first-order chi connectivity index (χ1) is 7.31. The Balaban J connectivity index is 3.11. The summed E-state index contributed by atoms with van der Waals surface area (Å²) in [6.07, 6.45) is 1.23. The summed E-state index contributed by atoms with van der Waals surface area (Å²) in [6, 6.07) is 0. The molecule has 0 aromatic carbocycles. The zero-order valence-corrected chi connectivity index (χ0v) is 9.33. The Labute approximate surface area is 90.8 Å². The van der Waals surface area contributed by atoms with Crippen LogP contribution in [0.2, 0.25) is 0 Å². The summed E-state index contributed by atoms with van der Waals surface area (Å²) < 4.78 is 10.1. The van der Waals surface area contributed by atoms with Crippen LogP contribution in [0.4, 0.5) is 0 Å². The van der Waals surface area contributed by atoms with Crippen molar-refractivity contribution in [1.29, 1.82) is 0 Å². The van der Waals surface area contributed by atoms with Crippen LogP contribution in [0.3, 0.4) is 0 Å². The van der Waals surface area contributed by atoms with Gasteiger partial charge in [0, 0.05) is 26.2 Å². The van der Waals surface area contributed by atoms with Gasteiger partial charge in [-0.3, -0.25) is 4.79 Å². The van der Waals surface area contributed by atoms with Gasteiger partial charge in [-0.1, -0.05) is 0 Å². The maximum absolute atomic E-state index is 11.2. The summed E-state index contributed by atoms with van der Waals surface area (Å²) in [5.41, 5.74) is 0. The van der Waals surface area contributed by atoms with E-state index in [0.29, 0.717) is 39.4 Å². The highest BCUT2D eigenvalue weighted by molar-refractivity contribution is 5.75. The van der Waals surface area contributed by atoms with Crippen LogP contribution in [0.5, 0.6) is 0 Å². The molecule has 0 saturated heterocycles. The summed E-state index contributed by atoms with van der Waals surface area (Å²) in [4.78, 5) is 11.2. The monoisotopic (exact) mass is 219 g/mol. The van der Waals surface area contributed by atoms with E-state index in [0.717, 1.165) is 6.42 Å². The normalized spacial score (nSPS) is 10.3. The van der Waals surface area contributed by atoms with E-state index in [1.807, 2.05) is 6.92 Å².